The molecule has 0 saturated carbocycles. The lowest BCUT2D eigenvalue weighted by Crippen LogP contribution is -2.44. The van der Waals surface area contributed by atoms with Crippen molar-refractivity contribution < 1.29 is 9.13 Å². The smallest absolute Gasteiger partial charge is 0.142 e. The standard InChI is InChI=1S/C17H24ClFN2O/c1-2-21-8-5-16(20-13-6-9-22-10-7-13)17(21)12-3-4-14(18)15(19)11-12/h3-4,11,13,16-17,20H,2,5-10H2,1H3/t16-,17+/m1/s1. The fourth-order valence-corrected chi connectivity index (χ4v) is 3.81. The lowest BCUT2D eigenvalue weighted by atomic mass is 9.97. The molecule has 2 atom stereocenters. The zero-order valence-electron chi connectivity index (χ0n) is 13.0. The van der Waals surface area contributed by atoms with Gasteiger partial charge in [0.05, 0.1) is 11.1 Å². The van der Waals surface area contributed by atoms with Gasteiger partial charge in [0.15, 0.2) is 0 Å². The molecular weight excluding hydrogens is 303 g/mol. The topological polar surface area (TPSA) is 24.5 Å². The summed E-state index contributed by atoms with van der Waals surface area (Å²) >= 11 is 5.83. The average Bonchev–Trinajstić information content (AvgIpc) is 2.94. The number of nitrogens with one attached hydrogen (secondary N) is 1. The van der Waals surface area contributed by atoms with E-state index in [2.05, 4.69) is 17.1 Å². The number of likely N-dealkylation sites (N-methyl/N-ethyl adjacent to an activating group) is 1. The summed E-state index contributed by atoms with van der Waals surface area (Å²) in [5, 5.41) is 3.98. The van der Waals surface area contributed by atoms with Gasteiger partial charge in [-0.3, -0.25) is 4.90 Å². The van der Waals surface area contributed by atoms with Gasteiger partial charge < -0.3 is 10.1 Å². The van der Waals surface area contributed by atoms with E-state index in [9.17, 15) is 4.39 Å². The van der Waals surface area contributed by atoms with Crippen LogP contribution < -0.4 is 5.32 Å². The molecule has 2 aliphatic heterocycles. The zero-order valence-corrected chi connectivity index (χ0v) is 13.8. The van der Waals surface area contributed by atoms with Crippen molar-refractivity contribution >= 4 is 11.6 Å². The van der Waals surface area contributed by atoms with Crippen LogP contribution in [0.3, 0.4) is 0 Å². The molecule has 0 aromatic heterocycles. The molecule has 1 aromatic carbocycles. The molecule has 0 unspecified atom stereocenters. The molecule has 0 bridgehead atoms. The van der Waals surface area contributed by atoms with Crippen LogP contribution in [0.1, 0.15) is 37.8 Å². The molecule has 5 heteroatoms. The predicted molar refractivity (Wildman–Crippen MR) is 86.8 cm³/mol. The van der Waals surface area contributed by atoms with E-state index in [4.69, 9.17) is 16.3 Å². The maximum absolute atomic E-state index is 13.9. The second-order valence-corrected chi connectivity index (χ2v) is 6.60. The highest BCUT2D eigenvalue weighted by atomic mass is 35.5. The Balaban J connectivity index is 1.77. The Labute approximate surface area is 136 Å². The number of hydrogen-bond acceptors (Lipinski definition) is 3. The van der Waals surface area contributed by atoms with Crippen LogP contribution in [0.4, 0.5) is 4.39 Å². The van der Waals surface area contributed by atoms with Crippen molar-refractivity contribution in [1.82, 2.24) is 10.2 Å². The van der Waals surface area contributed by atoms with Crippen molar-refractivity contribution in [1.29, 1.82) is 0 Å². The first-order valence-corrected chi connectivity index (χ1v) is 8.59. The van der Waals surface area contributed by atoms with Crippen LogP contribution in [0.15, 0.2) is 18.2 Å². The minimum atomic E-state index is -0.327. The van der Waals surface area contributed by atoms with Gasteiger partial charge in [-0.15, -0.1) is 0 Å². The van der Waals surface area contributed by atoms with E-state index in [0.29, 0.717) is 12.1 Å². The fourth-order valence-electron chi connectivity index (χ4n) is 3.69. The maximum atomic E-state index is 13.9. The number of likely N-dealkylation sites (tertiary alicyclic amines) is 1. The Morgan fingerprint density at radius 2 is 2.09 bits per heavy atom. The molecule has 3 rings (SSSR count). The summed E-state index contributed by atoms with van der Waals surface area (Å²) in [5.41, 5.74) is 1.02. The third-order valence-electron chi connectivity index (χ3n) is 4.86. The Morgan fingerprint density at radius 1 is 1.32 bits per heavy atom. The normalized spacial score (nSPS) is 27.4. The first-order valence-electron chi connectivity index (χ1n) is 8.22. The van der Waals surface area contributed by atoms with Gasteiger partial charge in [-0.25, -0.2) is 4.39 Å². The molecule has 2 heterocycles. The molecule has 2 fully saturated rings. The second-order valence-electron chi connectivity index (χ2n) is 6.20. The number of halogens is 2. The van der Waals surface area contributed by atoms with E-state index in [1.165, 1.54) is 0 Å². The largest absolute Gasteiger partial charge is 0.381 e. The highest BCUT2D eigenvalue weighted by Crippen LogP contribution is 2.34. The molecule has 3 nitrogen and oxygen atoms in total. The number of hydrogen-bond donors (Lipinski definition) is 1. The molecule has 0 radical (unpaired) electrons. The molecule has 0 aliphatic carbocycles. The van der Waals surface area contributed by atoms with Crippen molar-refractivity contribution in [3.8, 4) is 0 Å². The van der Waals surface area contributed by atoms with Crippen LogP contribution in [0, 0.1) is 5.82 Å². The molecule has 22 heavy (non-hydrogen) atoms. The SMILES string of the molecule is CCN1CC[C@@H](NC2CCOCC2)[C@@H]1c1ccc(Cl)c(F)c1. The minimum absolute atomic E-state index is 0.193. The first-order chi connectivity index (χ1) is 10.7. The van der Waals surface area contributed by atoms with Crippen molar-refractivity contribution in [3.05, 3.63) is 34.6 Å². The second kappa shape index (κ2) is 7.26. The summed E-state index contributed by atoms with van der Waals surface area (Å²) < 4.78 is 19.3. The van der Waals surface area contributed by atoms with Gasteiger partial charge >= 0.3 is 0 Å². The third-order valence-corrected chi connectivity index (χ3v) is 5.17. The van der Waals surface area contributed by atoms with E-state index in [1.807, 2.05) is 6.07 Å². The van der Waals surface area contributed by atoms with Crippen LogP contribution >= 0.6 is 11.6 Å². The predicted octanol–water partition coefficient (Wildman–Crippen LogP) is 3.38. The summed E-state index contributed by atoms with van der Waals surface area (Å²) in [7, 11) is 0. The Hall–Kier alpha value is -0.680. The molecule has 2 aliphatic rings. The summed E-state index contributed by atoms with van der Waals surface area (Å²) in [5.74, 6) is -0.327. The molecule has 122 valence electrons. The van der Waals surface area contributed by atoms with Crippen LogP contribution in [0.5, 0.6) is 0 Å². The number of rotatable bonds is 4. The van der Waals surface area contributed by atoms with Crippen molar-refractivity contribution in [2.24, 2.45) is 0 Å². The van der Waals surface area contributed by atoms with E-state index in [0.717, 1.165) is 51.1 Å². The maximum Gasteiger partial charge on any atom is 0.142 e. The summed E-state index contributed by atoms with van der Waals surface area (Å²) in [6.45, 7) is 5.85. The van der Waals surface area contributed by atoms with Gasteiger partial charge in [0, 0.05) is 31.8 Å². The van der Waals surface area contributed by atoms with E-state index in [-0.39, 0.29) is 16.9 Å². The van der Waals surface area contributed by atoms with Crippen LogP contribution in [-0.4, -0.2) is 43.3 Å². The quantitative estimate of drug-likeness (QED) is 0.918. The number of ether oxygens (including phenoxy) is 1. The summed E-state index contributed by atoms with van der Waals surface area (Å²) in [6, 6.07) is 6.32. The van der Waals surface area contributed by atoms with Gasteiger partial charge in [0.25, 0.3) is 0 Å². The van der Waals surface area contributed by atoms with Crippen molar-refractivity contribution in [2.75, 3.05) is 26.3 Å². The lowest BCUT2D eigenvalue weighted by molar-refractivity contribution is 0.0729. The van der Waals surface area contributed by atoms with E-state index in [1.54, 1.807) is 12.1 Å². The van der Waals surface area contributed by atoms with Crippen molar-refractivity contribution in [2.45, 2.75) is 44.3 Å². The molecule has 0 spiro atoms. The first kappa shape index (κ1) is 16.2. The van der Waals surface area contributed by atoms with E-state index < -0.39 is 0 Å². The third kappa shape index (κ3) is 3.46. The number of benzene rings is 1. The van der Waals surface area contributed by atoms with Gasteiger partial charge in [-0.2, -0.15) is 0 Å². The van der Waals surface area contributed by atoms with Crippen LogP contribution in [-0.2, 0) is 4.74 Å². The number of nitrogens with zero attached hydrogens (tertiary/aromatic N) is 1. The van der Waals surface area contributed by atoms with Gasteiger partial charge in [0.1, 0.15) is 5.82 Å². The van der Waals surface area contributed by atoms with E-state index >= 15 is 0 Å². The van der Waals surface area contributed by atoms with Gasteiger partial charge in [0.2, 0.25) is 0 Å². The highest BCUT2D eigenvalue weighted by molar-refractivity contribution is 6.30. The van der Waals surface area contributed by atoms with Crippen LogP contribution in [0.25, 0.3) is 0 Å². The molecule has 0 amide bonds. The van der Waals surface area contributed by atoms with Gasteiger partial charge in [-0.1, -0.05) is 24.6 Å². The Morgan fingerprint density at radius 3 is 2.77 bits per heavy atom. The monoisotopic (exact) mass is 326 g/mol. The molecular formula is C17H24ClFN2O. The minimum Gasteiger partial charge on any atom is -0.381 e. The molecule has 1 aromatic rings. The molecule has 2 saturated heterocycles. The highest BCUT2D eigenvalue weighted by Gasteiger charge is 2.35. The van der Waals surface area contributed by atoms with Crippen LogP contribution in [0.2, 0.25) is 5.02 Å². The van der Waals surface area contributed by atoms with Crippen molar-refractivity contribution in [3.63, 3.8) is 0 Å². The summed E-state index contributed by atoms with van der Waals surface area (Å²) in [4.78, 5) is 2.42. The molecule has 1 N–H and O–H groups in total. The fraction of sp³-hybridized carbons (Fsp3) is 0.647. The van der Waals surface area contributed by atoms with Gasteiger partial charge in [-0.05, 0) is 43.5 Å². The lowest BCUT2D eigenvalue weighted by Gasteiger charge is -2.32. The Bertz CT molecular complexity index is 507. The Kier molecular flexibility index (Phi) is 5.34. The summed E-state index contributed by atoms with van der Waals surface area (Å²) in [6.07, 6.45) is 3.22. The average molecular weight is 327 g/mol. The zero-order chi connectivity index (χ0) is 15.5.